The van der Waals surface area contributed by atoms with Gasteiger partial charge >= 0.3 is 5.97 Å². The molecule has 0 spiro atoms. The van der Waals surface area contributed by atoms with Gasteiger partial charge in [-0.05, 0) is 34.2 Å². The van der Waals surface area contributed by atoms with E-state index >= 15 is 0 Å². The second-order valence-corrected chi connectivity index (χ2v) is 7.83. The van der Waals surface area contributed by atoms with Crippen molar-refractivity contribution in [1.82, 2.24) is 5.32 Å². The lowest BCUT2D eigenvalue weighted by molar-refractivity contribution is -0.137. The van der Waals surface area contributed by atoms with Crippen molar-refractivity contribution in [3.05, 3.63) is 70.2 Å². The van der Waals surface area contributed by atoms with Crippen LogP contribution >= 0.6 is 11.6 Å². The molecule has 0 fully saturated rings. The molecule has 0 aromatic heterocycles. The fourth-order valence-corrected chi connectivity index (χ4v) is 2.80. The van der Waals surface area contributed by atoms with Gasteiger partial charge < -0.3 is 10.4 Å². The molecule has 0 aliphatic rings. The number of hydrogen-bond acceptors (Lipinski definition) is 2. The Kier molecular flexibility index (Phi) is 6.43. The van der Waals surface area contributed by atoms with Gasteiger partial charge in [0.05, 0.1) is 18.9 Å². The summed E-state index contributed by atoms with van der Waals surface area (Å²) in [6.45, 7) is 6.35. The second kappa shape index (κ2) is 8.37. The summed E-state index contributed by atoms with van der Waals surface area (Å²) in [7, 11) is 0. The van der Waals surface area contributed by atoms with E-state index in [1.807, 2.05) is 24.3 Å². The van der Waals surface area contributed by atoms with Crippen LogP contribution in [0.2, 0.25) is 5.02 Å². The van der Waals surface area contributed by atoms with Crippen LogP contribution in [0.4, 0.5) is 0 Å². The molecule has 0 saturated heterocycles. The van der Waals surface area contributed by atoms with Crippen molar-refractivity contribution in [2.75, 3.05) is 0 Å². The zero-order valence-corrected chi connectivity index (χ0v) is 16.0. The number of nitrogens with one attached hydrogen (secondary N) is 1. The first-order valence-electron chi connectivity index (χ1n) is 8.51. The lowest BCUT2D eigenvalue weighted by atomic mass is 9.86. The molecule has 5 heteroatoms. The number of carbonyl (C=O) groups excluding carboxylic acids is 1. The van der Waals surface area contributed by atoms with Crippen LogP contribution in [-0.4, -0.2) is 17.0 Å². The quantitative estimate of drug-likeness (QED) is 0.782. The summed E-state index contributed by atoms with van der Waals surface area (Å²) in [5.74, 6) is -1.18. The van der Waals surface area contributed by atoms with Gasteiger partial charge in [0.15, 0.2) is 0 Å². The third kappa shape index (κ3) is 5.88. The topological polar surface area (TPSA) is 66.4 Å². The van der Waals surface area contributed by atoms with Gasteiger partial charge in [-0.2, -0.15) is 0 Å². The van der Waals surface area contributed by atoms with E-state index in [0.29, 0.717) is 5.02 Å². The van der Waals surface area contributed by atoms with E-state index in [4.69, 9.17) is 11.6 Å². The van der Waals surface area contributed by atoms with Crippen LogP contribution in [0, 0.1) is 0 Å². The molecule has 2 rings (SSSR count). The minimum atomic E-state index is -0.957. The van der Waals surface area contributed by atoms with E-state index in [0.717, 1.165) is 16.7 Å². The van der Waals surface area contributed by atoms with Crippen LogP contribution < -0.4 is 5.32 Å². The molecule has 138 valence electrons. The van der Waals surface area contributed by atoms with Gasteiger partial charge in [0.1, 0.15) is 0 Å². The number of rotatable bonds is 6. The highest BCUT2D eigenvalue weighted by Gasteiger charge is 2.20. The summed E-state index contributed by atoms with van der Waals surface area (Å²) in [5, 5.41) is 12.6. The van der Waals surface area contributed by atoms with E-state index in [1.54, 1.807) is 24.3 Å². The first-order valence-corrected chi connectivity index (χ1v) is 8.89. The Morgan fingerprint density at radius 1 is 1.04 bits per heavy atom. The minimum absolute atomic E-state index is 0.0126. The van der Waals surface area contributed by atoms with Gasteiger partial charge in [-0.1, -0.05) is 68.8 Å². The van der Waals surface area contributed by atoms with E-state index in [9.17, 15) is 14.7 Å². The first kappa shape index (κ1) is 20.0. The molecule has 2 aromatic carbocycles. The lowest BCUT2D eigenvalue weighted by Gasteiger charge is -2.22. The minimum Gasteiger partial charge on any atom is -0.481 e. The average molecular weight is 374 g/mol. The second-order valence-electron chi connectivity index (χ2n) is 7.39. The SMILES string of the molecule is CC(C)(C)c1ccc([C@H](CC(=O)O)NC(=O)Cc2ccc(Cl)cc2)cc1. The van der Waals surface area contributed by atoms with Crippen LogP contribution in [0.3, 0.4) is 0 Å². The zero-order valence-electron chi connectivity index (χ0n) is 15.3. The smallest absolute Gasteiger partial charge is 0.305 e. The van der Waals surface area contributed by atoms with Gasteiger partial charge in [0.2, 0.25) is 5.91 Å². The van der Waals surface area contributed by atoms with Crippen molar-refractivity contribution in [3.63, 3.8) is 0 Å². The van der Waals surface area contributed by atoms with Gasteiger partial charge in [-0.15, -0.1) is 0 Å². The number of amides is 1. The Morgan fingerprint density at radius 2 is 1.62 bits per heavy atom. The molecule has 1 atom stereocenters. The van der Waals surface area contributed by atoms with E-state index < -0.39 is 12.0 Å². The van der Waals surface area contributed by atoms with Gasteiger partial charge in [-0.25, -0.2) is 0 Å². The number of halogens is 1. The molecule has 0 heterocycles. The van der Waals surface area contributed by atoms with E-state index in [-0.39, 0.29) is 24.2 Å². The Balaban J connectivity index is 2.12. The third-order valence-electron chi connectivity index (χ3n) is 4.17. The van der Waals surface area contributed by atoms with Crippen LogP contribution in [0.1, 0.15) is 49.9 Å². The number of carboxylic acids is 1. The van der Waals surface area contributed by atoms with Crippen molar-refractivity contribution in [1.29, 1.82) is 0 Å². The summed E-state index contributed by atoms with van der Waals surface area (Å²) in [6, 6.07) is 14.2. The molecule has 0 unspecified atom stereocenters. The number of carbonyl (C=O) groups is 2. The van der Waals surface area contributed by atoms with Crippen molar-refractivity contribution in [3.8, 4) is 0 Å². The van der Waals surface area contributed by atoms with Crippen LogP contribution in [0.5, 0.6) is 0 Å². The largest absolute Gasteiger partial charge is 0.481 e. The molecule has 4 nitrogen and oxygen atoms in total. The number of hydrogen-bond donors (Lipinski definition) is 2. The first-order chi connectivity index (χ1) is 12.1. The summed E-state index contributed by atoms with van der Waals surface area (Å²) >= 11 is 5.85. The molecule has 1 amide bonds. The molecule has 0 radical (unpaired) electrons. The maximum Gasteiger partial charge on any atom is 0.305 e. The lowest BCUT2D eigenvalue weighted by Crippen LogP contribution is -2.31. The van der Waals surface area contributed by atoms with Crippen LogP contribution in [0.15, 0.2) is 48.5 Å². The maximum atomic E-state index is 12.4. The van der Waals surface area contributed by atoms with Crippen molar-refractivity contribution in [2.24, 2.45) is 0 Å². The molecule has 0 bridgehead atoms. The van der Waals surface area contributed by atoms with Crippen LogP contribution in [0.25, 0.3) is 0 Å². The van der Waals surface area contributed by atoms with Gasteiger partial charge in [0, 0.05) is 5.02 Å². The number of carboxylic acid groups (broad SMARTS) is 1. The van der Waals surface area contributed by atoms with Crippen molar-refractivity contribution >= 4 is 23.5 Å². The summed E-state index contributed by atoms with van der Waals surface area (Å²) < 4.78 is 0. The highest BCUT2D eigenvalue weighted by atomic mass is 35.5. The van der Waals surface area contributed by atoms with Gasteiger partial charge in [-0.3, -0.25) is 9.59 Å². The predicted molar refractivity (Wildman–Crippen MR) is 103 cm³/mol. The molecule has 0 aliphatic heterocycles. The number of benzene rings is 2. The number of aliphatic carboxylic acids is 1. The van der Waals surface area contributed by atoms with Gasteiger partial charge in [0.25, 0.3) is 0 Å². The summed E-state index contributed by atoms with van der Waals surface area (Å²) in [5.41, 5.74) is 2.77. The molecule has 26 heavy (non-hydrogen) atoms. The zero-order chi connectivity index (χ0) is 19.3. The average Bonchev–Trinajstić information content (AvgIpc) is 2.55. The molecule has 0 aliphatic carbocycles. The van der Waals surface area contributed by atoms with E-state index in [2.05, 4.69) is 26.1 Å². The Labute approximate surface area is 159 Å². The fraction of sp³-hybridized carbons (Fsp3) is 0.333. The maximum absolute atomic E-state index is 12.4. The van der Waals surface area contributed by atoms with Crippen molar-refractivity contribution in [2.45, 2.75) is 45.1 Å². The summed E-state index contributed by atoms with van der Waals surface area (Å²) in [6.07, 6.45) is 0.00852. The highest BCUT2D eigenvalue weighted by molar-refractivity contribution is 6.30. The van der Waals surface area contributed by atoms with E-state index in [1.165, 1.54) is 0 Å². The molecule has 0 saturated carbocycles. The fourth-order valence-electron chi connectivity index (χ4n) is 2.68. The Bertz CT molecular complexity index is 761. The third-order valence-corrected chi connectivity index (χ3v) is 4.42. The van der Waals surface area contributed by atoms with Crippen LogP contribution in [-0.2, 0) is 21.4 Å². The standard InChI is InChI=1S/C21H24ClNO3/c1-21(2,3)16-8-6-15(7-9-16)18(13-20(25)26)23-19(24)12-14-4-10-17(22)11-5-14/h4-11,18H,12-13H2,1-3H3,(H,23,24)(H,25,26)/t18-/m0/s1. The molecule has 2 N–H and O–H groups in total. The monoisotopic (exact) mass is 373 g/mol. The summed E-state index contributed by atoms with van der Waals surface area (Å²) in [4.78, 5) is 23.6. The molecular formula is C21H24ClNO3. The molecule has 2 aromatic rings. The Morgan fingerprint density at radius 3 is 2.12 bits per heavy atom. The predicted octanol–water partition coefficient (Wildman–Crippen LogP) is 4.51. The highest BCUT2D eigenvalue weighted by Crippen LogP contribution is 2.25. The normalized spacial score (nSPS) is 12.5. The van der Waals surface area contributed by atoms with Crippen molar-refractivity contribution < 1.29 is 14.7 Å². The Hall–Kier alpha value is -2.33. The molecular weight excluding hydrogens is 350 g/mol.